The average molecular weight is 373 g/mol. The van der Waals surface area contributed by atoms with Gasteiger partial charge in [-0.25, -0.2) is 0 Å². The van der Waals surface area contributed by atoms with Crippen molar-refractivity contribution in [2.24, 2.45) is 0 Å². The number of carbonyl (C=O) groups is 2. The van der Waals surface area contributed by atoms with Crippen molar-refractivity contribution in [3.05, 3.63) is 89.7 Å². The summed E-state index contributed by atoms with van der Waals surface area (Å²) in [6, 6.07) is 20.7. The molecule has 0 saturated heterocycles. The van der Waals surface area contributed by atoms with E-state index in [-0.39, 0.29) is 11.7 Å². The summed E-state index contributed by atoms with van der Waals surface area (Å²) in [5.41, 5.74) is 3.74. The third-order valence-corrected chi connectivity index (χ3v) is 4.44. The molecule has 0 unspecified atom stereocenters. The first-order chi connectivity index (χ1) is 13.6. The van der Waals surface area contributed by atoms with Crippen LogP contribution in [0.3, 0.4) is 0 Å². The molecule has 1 heterocycles. The molecule has 0 fully saturated rings. The molecule has 0 aliphatic carbocycles. The molecule has 1 aromatic heterocycles. The van der Waals surface area contributed by atoms with Gasteiger partial charge in [-0.2, -0.15) is 0 Å². The third kappa shape index (κ3) is 4.82. The van der Waals surface area contributed by atoms with E-state index in [2.05, 4.69) is 10.3 Å². The summed E-state index contributed by atoms with van der Waals surface area (Å²) in [4.78, 5) is 30.3. The second-order valence-corrected chi connectivity index (χ2v) is 6.49. The molecular weight excluding hydrogens is 350 g/mol. The summed E-state index contributed by atoms with van der Waals surface area (Å²) in [5, 5.41) is 3.25. The van der Waals surface area contributed by atoms with Crippen LogP contribution in [0.1, 0.15) is 40.3 Å². The van der Waals surface area contributed by atoms with Gasteiger partial charge in [0.15, 0.2) is 5.78 Å². The largest absolute Gasteiger partial charge is 0.355 e. The van der Waals surface area contributed by atoms with E-state index < -0.39 is 0 Å². The maximum absolute atomic E-state index is 12.9. The number of anilines is 2. The average Bonchev–Trinajstić information content (AvgIpc) is 2.73. The first kappa shape index (κ1) is 19.3. The second kappa shape index (κ2) is 8.95. The van der Waals surface area contributed by atoms with Gasteiger partial charge >= 0.3 is 0 Å². The quantitative estimate of drug-likeness (QED) is 0.610. The second-order valence-electron chi connectivity index (χ2n) is 6.49. The minimum Gasteiger partial charge on any atom is -0.355 e. The van der Waals surface area contributed by atoms with Crippen LogP contribution in [0, 0.1) is 0 Å². The molecule has 0 saturated carbocycles. The predicted octanol–water partition coefficient (Wildman–Crippen LogP) is 4.69. The molecule has 142 valence electrons. The van der Waals surface area contributed by atoms with Crippen molar-refractivity contribution in [3.8, 4) is 0 Å². The van der Waals surface area contributed by atoms with Gasteiger partial charge in [-0.15, -0.1) is 0 Å². The van der Waals surface area contributed by atoms with Gasteiger partial charge < -0.3 is 10.2 Å². The zero-order valence-corrected chi connectivity index (χ0v) is 16.1. The van der Waals surface area contributed by atoms with E-state index in [9.17, 15) is 9.59 Å². The Labute approximate surface area is 165 Å². The number of pyridine rings is 1. The lowest BCUT2D eigenvalue weighted by atomic mass is 10.1. The molecule has 2 aromatic carbocycles. The summed E-state index contributed by atoms with van der Waals surface area (Å²) >= 11 is 0. The Morgan fingerprint density at radius 3 is 2.32 bits per heavy atom. The van der Waals surface area contributed by atoms with Crippen molar-refractivity contribution in [1.82, 2.24) is 9.88 Å². The van der Waals surface area contributed by atoms with Crippen LogP contribution in [-0.4, -0.2) is 28.1 Å². The SMILES string of the molecule is CCN(Cc1ccccc1)C(=O)c1cc(Nc2ccc(C(C)=O)cc2)ccn1. The number of hydrogen-bond donors (Lipinski definition) is 1. The lowest BCUT2D eigenvalue weighted by Gasteiger charge is -2.21. The van der Waals surface area contributed by atoms with E-state index in [4.69, 9.17) is 0 Å². The van der Waals surface area contributed by atoms with Crippen molar-refractivity contribution in [3.63, 3.8) is 0 Å². The molecule has 28 heavy (non-hydrogen) atoms. The van der Waals surface area contributed by atoms with Gasteiger partial charge in [-0.3, -0.25) is 14.6 Å². The number of benzene rings is 2. The summed E-state index contributed by atoms with van der Waals surface area (Å²) in [6.45, 7) is 4.64. The van der Waals surface area contributed by atoms with Crippen LogP contribution in [0.4, 0.5) is 11.4 Å². The van der Waals surface area contributed by atoms with Crippen LogP contribution in [0.25, 0.3) is 0 Å². The van der Waals surface area contributed by atoms with E-state index in [1.54, 1.807) is 29.3 Å². The van der Waals surface area contributed by atoms with E-state index in [0.29, 0.717) is 24.3 Å². The van der Waals surface area contributed by atoms with Gasteiger partial charge in [0.1, 0.15) is 5.69 Å². The Balaban J connectivity index is 1.74. The summed E-state index contributed by atoms with van der Waals surface area (Å²) in [6.07, 6.45) is 1.62. The Morgan fingerprint density at radius 1 is 0.964 bits per heavy atom. The highest BCUT2D eigenvalue weighted by atomic mass is 16.2. The van der Waals surface area contributed by atoms with E-state index in [0.717, 1.165) is 16.9 Å². The van der Waals surface area contributed by atoms with Gasteiger partial charge in [0.05, 0.1) is 0 Å². The molecule has 1 N–H and O–H groups in total. The number of nitrogens with one attached hydrogen (secondary N) is 1. The normalized spacial score (nSPS) is 10.4. The molecule has 3 rings (SSSR count). The van der Waals surface area contributed by atoms with Crippen molar-refractivity contribution in [1.29, 1.82) is 0 Å². The van der Waals surface area contributed by atoms with Crippen molar-refractivity contribution in [2.45, 2.75) is 20.4 Å². The Morgan fingerprint density at radius 2 is 1.68 bits per heavy atom. The number of Topliss-reactive ketones (excluding diaryl/α,β-unsaturated/α-hetero) is 1. The van der Waals surface area contributed by atoms with Gasteiger partial charge in [0.2, 0.25) is 0 Å². The highest BCUT2D eigenvalue weighted by Crippen LogP contribution is 2.19. The zero-order valence-electron chi connectivity index (χ0n) is 16.1. The van der Waals surface area contributed by atoms with Crippen molar-refractivity contribution >= 4 is 23.1 Å². The number of carbonyl (C=O) groups excluding carboxylic acids is 2. The topological polar surface area (TPSA) is 62.3 Å². The number of aromatic nitrogens is 1. The van der Waals surface area contributed by atoms with Crippen LogP contribution < -0.4 is 5.32 Å². The Kier molecular flexibility index (Phi) is 6.17. The fourth-order valence-corrected chi connectivity index (χ4v) is 2.87. The fourth-order valence-electron chi connectivity index (χ4n) is 2.87. The van der Waals surface area contributed by atoms with Crippen LogP contribution in [0.2, 0.25) is 0 Å². The van der Waals surface area contributed by atoms with Gasteiger partial charge in [-0.05, 0) is 55.8 Å². The lowest BCUT2D eigenvalue weighted by Crippen LogP contribution is -2.31. The van der Waals surface area contributed by atoms with E-state index >= 15 is 0 Å². The minimum atomic E-state index is -0.109. The molecule has 0 bridgehead atoms. The summed E-state index contributed by atoms with van der Waals surface area (Å²) in [5.74, 6) is -0.0802. The number of rotatable bonds is 7. The highest BCUT2D eigenvalue weighted by Gasteiger charge is 2.16. The molecule has 0 aliphatic rings. The number of ketones is 1. The first-order valence-electron chi connectivity index (χ1n) is 9.24. The maximum atomic E-state index is 12.9. The standard InChI is InChI=1S/C23H23N3O2/c1-3-26(16-18-7-5-4-6-8-18)23(28)22-15-21(13-14-24-22)25-20-11-9-19(10-12-20)17(2)27/h4-15H,3,16H2,1-2H3,(H,24,25). The molecule has 5 heteroatoms. The number of nitrogens with zero attached hydrogens (tertiary/aromatic N) is 2. The molecule has 0 radical (unpaired) electrons. The highest BCUT2D eigenvalue weighted by molar-refractivity contribution is 5.94. The van der Waals surface area contributed by atoms with Crippen molar-refractivity contribution in [2.75, 3.05) is 11.9 Å². The molecule has 0 aliphatic heterocycles. The first-order valence-corrected chi connectivity index (χ1v) is 9.24. The van der Waals surface area contributed by atoms with E-state index in [1.165, 1.54) is 6.92 Å². The molecule has 0 spiro atoms. The summed E-state index contributed by atoms with van der Waals surface area (Å²) in [7, 11) is 0. The third-order valence-electron chi connectivity index (χ3n) is 4.44. The molecule has 0 atom stereocenters. The zero-order chi connectivity index (χ0) is 19.9. The Hall–Kier alpha value is -3.47. The molecular formula is C23H23N3O2. The fraction of sp³-hybridized carbons (Fsp3) is 0.174. The maximum Gasteiger partial charge on any atom is 0.272 e. The smallest absolute Gasteiger partial charge is 0.272 e. The van der Waals surface area contributed by atoms with Gasteiger partial charge in [0, 0.05) is 36.2 Å². The molecule has 5 nitrogen and oxygen atoms in total. The lowest BCUT2D eigenvalue weighted by molar-refractivity contribution is 0.0746. The summed E-state index contributed by atoms with van der Waals surface area (Å²) < 4.78 is 0. The van der Waals surface area contributed by atoms with Gasteiger partial charge in [0.25, 0.3) is 5.91 Å². The molecule has 3 aromatic rings. The van der Waals surface area contributed by atoms with Crippen LogP contribution in [0.5, 0.6) is 0 Å². The van der Waals surface area contributed by atoms with Crippen LogP contribution >= 0.6 is 0 Å². The predicted molar refractivity (Wildman–Crippen MR) is 111 cm³/mol. The number of hydrogen-bond acceptors (Lipinski definition) is 4. The monoisotopic (exact) mass is 373 g/mol. The van der Waals surface area contributed by atoms with Crippen LogP contribution in [0.15, 0.2) is 72.9 Å². The van der Waals surface area contributed by atoms with Crippen molar-refractivity contribution < 1.29 is 9.59 Å². The minimum absolute atomic E-state index is 0.0291. The van der Waals surface area contributed by atoms with Crippen LogP contribution in [-0.2, 0) is 6.54 Å². The van der Waals surface area contributed by atoms with E-state index in [1.807, 2.05) is 55.5 Å². The molecule has 1 amide bonds. The number of amides is 1. The van der Waals surface area contributed by atoms with Gasteiger partial charge in [-0.1, -0.05) is 30.3 Å². The Bertz CT molecular complexity index is 953.